The van der Waals surface area contributed by atoms with Crippen molar-refractivity contribution in [3.63, 3.8) is 0 Å². The largest absolute Gasteiger partial charge is 0.351 e. The van der Waals surface area contributed by atoms with Crippen molar-refractivity contribution in [2.24, 2.45) is 11.5 Å². The maximum Gasteiger partial charge on any atom is 0.318 e. The summed E-state index contributed by atoms with van der Waals surface area (Å²) in [4.78, 5) is 21.8. The highest BCUT2D eigenvalue weighted by molar-refractivity contribution is 5.98. The highest BCUT2D eigenvalue weighted by atomic mass is 16.2. The van der Waals surface area contributed by atoms with Gasteiger partial charge in [0.25, 0.3) is 0 Å². The first-order valence-electron chi connectivity index (χ1n) is 4.44. The number of imide groups is 1. The molecule has 5 nitrogen and oxygen atoms in total. The summed E-state index contributed by atoms with van der Waals surface area (Å²) in [6, 6.07) is -0.833. The SMILES string of the molecule is NC(=O)NC(=O)C1(N)CCCCC1. The summed E-state index contributed by atoms with van der Waals surface area (Å²) in [5.41, 5.74) is 9.78. The number of hydrogen-bond donors (Lipinski definition) is 3. The molecule has 1 fully saturated rings. The average molecular weight is 185 g/mol. The molecule has 0 radical (unpaired) electrons. The van der Waals surface area contributed by atoms with Crippen molar-refractivity contribution in [2.75, 3.05) is 0 Å². The lowest BCUT2D eigenvalue weighted by Crippen LogP contribution is -2.57. The Morgan fingerprint density at radius 2 is 1.69 bits per heavy atom. The van der Waals surface area contributed by atoms with Crippen LogP contribution in [0.5, 0.6) is 0 Å². The van der Waals surface area contributed by atoms with Gasteiger partial charge in [0, 0.05) is 0 Å². The molecule has 13 heavy (non-hydrogen) atoms. The molecular formula is C8H15N3O2. The van der Waals surface area contributed by atoms with Crippen molar-refractivity contribution in [1.29, 1.82) is 0 Å². The molecule has 0 aromatic rings. The van der Waals surface area contributed by atoms with E-state index >= 15 is 0 Å². The van der Waals surface area contributed by atoms with Crippen LogP contribution >= 0.6 is 0 Å². The lowest BCUT2D eigenvalue weighted by Gasteiger charge is -2.31. The van der Waals surface area contributed by atoms with Crippen molar-refractivity contribution < 1.29 is 9.59 Å². The van der Waals surface area contributed by atoms with Crippen LogP contribution in [0.2, 0.25) is 0 Å². The highest BCUT2D eigenvalue weighted by Gasteiger charge is 2.35. The molecule has 1 aliphatic rings. The van der Waals surface area contributed by atoms with E-state index in [1.807, 2.05) is 5.32 Å². The molecule has 1 saturated carbocycles. The summed E-state index contributed by atoms with van der Waals surface area (Å²) in [6.45, 7) is 0. The topological polar surface area (TPSA) is 98.2 Å². The smallest absolute Gasteiger partial charge is 0.318 e. The Hall–Kier alpha value is -1.10. The normalized spacial score (nSPS) is 20.7. The lowest BCUT2D eigenvalue weighted by molar-refractivity contribution is -0.126. The van der Waals surface area contributed by atoms with Gasteiger partial charge in [-0.05, 0) is 12.8 Å². The van der Waals surface area contributed by atoms with E-state index in [0.29, 0.717) is 12.8 Å². The summed E-state index contributed by atoms with van der Waals surface area (Å²) < 4.78 is 0. The molecule has 5 N–H and O–H groups in total. The molecule has 0 saturated heterocycles. The molecule has 0 heterocycles. The molecule has 0 spiro atoms. The van der Waals surface area contributed by atoms with Gasteiger partial charge in [0.05, 0.1) is 5.54 Å². The Morgan fingerprint density at radius 1 is 1.15 bits per heavy atom. The van der Waals surface area contributed by atoms with Gasteiger partial charge in [-0.1, -0.05) is 19.3 Å². The van der Waals surface area contributed by atoms with Gasteiger partial charge in [-0.2, -0.15) is 0 Å². The first-order chi connectivity index (χ1) is 6.04. The Morgan fingerprint density at radius 3 is 2.15 bits per heavy atom. The third kappa shape index (κ3) is 2.42. The van der Waals surface area contributed by atoms with Gasteiger partial charge < -0.3 is 11.5 Å². The van der Waals surface area contributed by atoms with Crippen LogP contribution in [0.4, 0.5) is 4.79 Å². The second-order valence-electron chi connectivity index (χ2n) is 3.54. The minimum atomic E-state index is -0.882. The molecule has 1 aliphatic carbocycles. The van der Waals surface area contributed by atoms with E-state index in [2.05, 4.69) is 0 Å². The molecule has 0 aliphatic heterocycles. The second kappa shape index (κ2) is 3.74. The van der Waals surface area contributed by atoms with Crippen LogP contribution in [0.1, 0.15) is 32.1 Å². The summed E-state index contributed by atoms with van der Waals surface area (Å²) in [7, 11) is 0. The second-order valence-corrected chi connectivity index (χ2v) is 3.54. The molecule has 0 bridgehead atoms. The van der Waals surface area contributed by atoms with Crippen molar-refractivity contribution in [2.45, 2.75) is 37.6 Å². The first kappa shape index (κ1) is 9.98. The van der Waals surface area contributed by atoms with E-state index in [1.54, 1.807) is 0 Å². The molecule has 0 aromatic heterocycles. The molecule has 0 aromatic carbocycles. The molecule has 3 amide bonds. The third-order valence-corrected chi connectivity index (χ3v) is 2.43. The van der Waals surface area contributed by atoms with E-state index in [9.17, 15) is 9.59 Å². The van der Waals surface area contributed by atoms with E-state index in [-0.39, 0.29) is 0 Å². The zero-order chi connectivity index (χ0) is 9.90. The molecule has 0 unspecified atom stereocenters. The number of amides is 3. The minimum Gasteiger partial charge on any atom is -0.351 e. The van der Waals surface area contributed by atoms with E-state index in [4.69, 9.17) is 11.5 Å². The van der Waals surface area contributed by atoms with Crippen molar-refractivity contribution in [1.82, 2.24) is 5.32 Å². The van der Waals surface area contributed by atoms with Crippen molar-refractivity contribution in [3.05, 3.63) is 0 Å². The lowest BCUT2D eigenvalue weighted by atomic mass is 9.82. The number of carbonyl (C=O) groups is 2. The fourth-order valence-electron chi connectivity index (χ4n) is 1.65. The predicted molar refractivity (Wildman–Crippen MR) is 47.7 cm³/mol. The van der Waals surface area contributed by atoms with Crippen LogP contribution in [-0.4, -0.2) is 17.5 Å². The van der Waals surface area contributed by atoms with Crippen LogP contribution in [0.25, 0.3) is 0 Å². The maximum atomic E-state index is 11.4. The van der Waals surface area contributed by atoms with Gasteiger partial charge in [-0.15, -0.1) is 0 Å². The number of urea groups is 1. The monoisotopic (exact) mass is 185 g/mol. The fraction of sp³-hybridized carbons (Fsp3) is 0.750. The number of nitrogens with two attached hydrogens (primary N) is 2. The molecule has 1 rings (SSSR count). The molecule has 74 valence electrons. The summed E-state index contributed by atoms with van der Waals surface area (Å²) >= 11 is 0. The summed E-state index contributed by atoms with van der Waals surface area (Å²) in [6.07, 6.45) is 4.23. The zero-order valence-electron chi connectivity index (χ0n) is 7.51. The third-order valence-electron chi connectivity index (χ3n) is 2.43. The van der Waals surface area contributed by atoms with Gasteiger partial charge in [0.15, 0.2) is 0 Å². The maximum absolute atomic E-state index is 11.4. The highest BCUT2D eigenvalue weighted by Crippen LogP contribution is 2.25. The quantitative estimate of drug-likeness (QED) is 0.529. The molecule has 5 heteroatoms. The Balaban J connectivity index is 2.56. The predicted octanol–water partition coefficient (Wildman–Crippen LogP) is -0.157. The van der Waals surface area contributed by atoms with Crippen LogP contribution in [0, 0.1) is 0 Å². The van der Waals surface area contributed by atoms with Crippen LogP contribution in [0.15, 0.2) is 0 Å². The fourth-order valence-corrected chi connectivity index (χ4v) is 1.65. The van der Waals surface area contributed by atoms with Crippen LogP contribution < -0.4 is 16.8 Å². The standard InChI is InChI=1S/C8H15N3O2/c9-7(13)11-6(12)8(10)4-2-1-3-5-8/h1-5,10H2,(H3,9,11,12,13). The number of carbonyl (C=O) groups excluding carboxylic acids is 2. The van der Waals surface area contributed by atoms with Gasteiger partial charge in [0.1, 0.15) is 0 Å². The summed E-state index contributed by atoms with van der Waals surface area (Å²) in [5, 5.41) is 2.03. The minimum absolute atomic E-state index is 0.445. The Kier molecular flexibility index (Phi) is 2.87. The van der Waals surface area contributed by atoms with Gasteiger partial charge in [0.2, 0.25) is 5.91 Å². The Labute approximate surface area is 76.8 Å². The van der Waals surface area contributed by atoms with E-state index < -0.39 is 17.5 Å². The van der Waals surface area contributed by atoms with Crippen molar-refractivity contribution in [3.8, 4) is 0 Å². The summed E-state index contributed by atoms with van der Waals surface area (Å²) in [5.74, 6) is -0.445. The zero-order valence-corrected chi connectivity index (χ0v) is 7.51. The molecule has 0 atom stereocenters. The van der Waals surface area contributed by atoms with Crippen LogP contribution in [-0.2, 0) is 4.79 Å². The average Bonchev–Trinajstić information content (AvgIpc) is 2.04. The van der Waals surface area contributed by atoms with E-state index in [0.717, 1.165) is 19.3 Å². The first-order valence-corrected chi connectivity index (χ1v) is 4.44. The van der Waals surface area contributed by atoms with Crippen molar-refractivity contribution >= 4 is 11.9 Å². The van der Waals surface area contributed by atoms with Crippen LogP contribution in [0.3, 0.4) is 0 Å². The number of primary amides is 1. The van der Waals surface area contributed by atoms with Gasteiger partial charge >= 0.3 is 6.03 Å². The van der Waals surface area contributed by atoms with E-state index in [1.165, 1.54) is 0 Å². The number of rotatable bonds is 1. The van der Waals surface area contributed by atoms with Gasteiger partial charge in [-0.3, -0.25) is 10.1 Å². The Bertz CT molecular complexity index is 221. The van der Waals surface area contributed by atoms with Gasteiger partial charge in [-0.25, -0.2) is 4.79 Å². The molecular weight excluding hydrogens is 170 g/mol. The number of nitrogens with one attached hydrogen (secondary N) is 1. The number of hydrogen-bond acceptors (Lipinski definition) is 3.